The summed E-state index contributed by atoms with van der Waals surface area (Å²) in [4.78, 5) is 7.19. The zero-order valence-corrected chi connectivity index (χ0v) is 21.6. The van der Waals surface area contributed by atoms with E-state index in [-0.39, 0.29) is 4.90 Å². The van der Waals surface area contributed by atoms with Crippen LogP contribution in [0.15, 0.2) is 51.1 Å². The average molecular weight is 537 g/mol. The Labute approximate surface area is 202 Å². The first-order valence-electron chi connectivity index (χ1n) is 10.4. The molecule has 0 atom stereocenters. The summed E-state index contributed by atoms with van der Waals surface area (Å²) in [5, 5.41) is 3.05. The van der Waals surface area contributed by atoms with Crippen LogP contribution in [0.5, 0.6) is 5.75 Å². The van der Waals surface area contributed by atoms with Gasteiger partial charge >= 0.3 is 0 Å². The number of sulfonamides is 1. The molecule has 6 nitrogen and oxygen atoms in total. The van der Waals surface area contributed by atoms with Gasteiger partial charge in [-0.05, 0) is 48.7 Å². The number of aromatic nitrogens is 1. The van der Waals surface area contributed by atoms with E-state index in [4.69, 9.17) is 9.72 Å². The number of rotatable bonds is 6. The summed E-state index contributed by atoms with van der Waals surface area (Å²) < 4.78 is 34.0. The van der Waals surface area contributed by atoms with Gasteiger partial charge in [-0.3, -0.25) is 0 Å². The molecule has 2 aromatic carbocycles. The standard InChI is InChI=1S/C23H26BrN3O3S2/c1-16-5-4-6-18(17(16)2)13-20-15-31-23(25-20)26-9-11-27(12-10-26)32(28,29)22-14-19(24)7-8-21(22)30-3/h4-8,14-15H,9-13H2,1-3H3. The molecule has 0 saturated carbocycles. The molecule has 32 heavy (non-hydrogen) atoms. The van der Waals surface area contributed by atoms with E-state index in [1.54, 1.807) is 29.5 Å². The van der Waals surface area contributed by atoms with E-state index in [0.717, 1.165) is 17.2 Å². The minimum absolute atomic E-state index is 0.188. The van der Waals surface area contributed by atoms with Crippen molar-refractivity contribution in [2.45, 2.75) is 25.2 Å². The molecule has 0 N–H and O–H groups in total. The highest BCUT2D eigenvalue weighted by Crippen LogP contribution is 2.31. The van der Waals surface area contributed by atoms with Gasteiger partial charge < -0.3 is 9.64 Å². The lowest BCUT2D eigenvalue weighted by Gasteiger charge is -2.34. The van der Waals surface area contributed by atoms with E-state index in [1.165, 1.54) is 28.1 Å². The van der Waals surface area contributed by atoms with E-state index in [1.807, 2.05) is 0 Å². The van der Waals surface area contributed by atoms with Crippen LogP contribution >= 0.6 is 27.3 Å². The topological polar surface area (TPSA) is 62.7 Å². The highest BCUT2D eigenvalue weighted by atomic mass is 79.9. The number of ether oxygens (including phenoxy) is 1. The van der Waals surface area contributed by atoms with Gasteiger partial charge in [0.25, 0.3) is 0 Å². The second kappa shape index (κ2) is 9.51. The van der Waals surface area contributed by atoms with Gasteiger partial charge in [0, 0.05) is 42.5 Å². The lowest BCUT2D eigenvalue weighted by Crippen LogP contribution is -2.48. The van der Waals surface area contributed by atoms with Crippen molar-refractivity contribution in [1.82, 2.24) is 9.29 Å². The summed E-state index contributed by atoms with van der Waals surface area (Å²) in [6.07, 6.45) is 0.807. The molecule has 3 aromatic rings. The van der Waals surface area contributed by atoms with Gasteiger partial charge in [-0.1, -0.05) is 34.1 Å². The van der Waals surface area contributed by atoms with Crippen LogP contribution in [0.1, 0.15) is 22.4 Å². The Morgan fingerprint density at radius 2 is 1.88 bits per heavy atom. The third-order valence-corrected chi connectivity index (χ3v) is 9.24. The van der Waals surface area contributed by atoms with Gasteiger partial charge in [-0.25, -0.2) is 13.4 Å². The first kappa shape index (κ1) is 23.2. The molecule has 1 aromatic heterocycles. The molecule has 1 aliphatic rings. The third kappa shape index (κ3) is 4.71. The molecule has 170 valence electrons. The number of piperazine rings is 1. The fourth-order valence-electron chi connectivity index (χ4n) is 3.83. The van der Waals surface area contributed by atoms with Crippen molar-refractivity contribution < 1.29 is 13.2 Å². The fourth-order valence-corrected chi connectivity index (χ4v) is 6.83. The summed E-state index contributed by atoms with van der Waals surface area (Å²) in [6.45, 7) is 6.30. The summed E-state index contributed by atoms with van der Waals surface area (Å²) in [6, 6.07) is 11.4. The Bertz CT molecular complexity index is 1220. The molecule has 0 radical (unpaired) electrons. The molecule has 0 spiro atoms. The highest BCUT2D eigenvalue weighted by Gasteiger charge is 2.31. The van der Waals surface area contributed by atoms with E-state index < -0.39 is 10.0 Å². The Hall–Kier alpha value is -1.94. The van der Waals surface area contributed by atoms with Gasteiger partial charge in [-0.15, -0.1) is 11.3 Å². The molecule has 1 aliphatic heterocycles. The molecule has 0 unspecified atom stereocenters. The van der Waals surface area contributed by atoms with Crippen molar-refractivity contribution in [1.29, 1.82) is 0 Å². The second-order valence-corrected chi connectivity index (χ2v) is 11.5. The average Bonchev–Trinajstić information content (AvgIpc) is 3.25. The molecule has 0 bridgehead atoms. The number of methoxy groups -OCH3 is 1. The van der Waals surface area contributed by atoms with Gasteiger partial charge in [0.1, 0.15) is 10.6 Å². The maximum Gasteiger partial charge on any atom is 0.246 e. The largest absolute Gasteiger partial charge is 0.495 e. The second-order valence-electron chi connectivity index (χ2n) is 7.84. The molecular weight excluding hydrogens is 510 g/mol. The first-order valence-corrected chi connectivity index (χ1v) is 13.5. The van der Waals surface area contributed by atoms with Gasteiger partial charge in [-0.2, -0.15) is 4.31 Å². The number of halogens is 1. The van der Waals surface area contributed by atoms with E-state index in [0.29, 0.717) is 36.4 Å². The van der Waals surface area contributed by atoms with Crippen LogP contribution in [0.4, 0.5) is 5.13 Å². The predicted molar refractivity (Wildman–Crippen MR) is 133 cm³/mol. The van der Waals surface area contributed by atoms with Crippen molar-refractivity contribution in [3.8, 4) is 5.75 Å². The highest BCUT2D eigenvalue weighted by molar-refractivity contribution is 9.10. The fraction of sp³-hybridized carbons (Fsp3) is 0.348. The molecule has 0 amide bonds. The van der Waals surface area contributed by atoms with Crippen LogP contribution in [0.2, 0.25) is 0 Å². The molecule has 4 rings (SSSR count). The lowest BCUT2D eigenvalue weighted by atomic mass is 10.0. The number of hydrogen-bond acceptors (Lipinski definition) is 6. The number of hydrogen-bond donors (Lipinski definition) is 0. The van der Waals surface area contributed by atoms with Gasteiger partial charge in [0.05, 0.1) is 12.8 Å². The van der Waals surface area contributed by atoms with Gasteiger partial charge in [0.15, 0.2) is 5.13 Å². The summed E-state index contributed by atoms with van der Waals surface area (Å²) in [7, 11) is -2.16. The van der Waals surface area contributed by atoms with Crippen molar-refractivity contribution >= 4 is 42.4 Å². The van der Waals surface area contributed by atoms with Crippen molar-refractivity contribution in [2.75, 3.05) is 38.2 Å². The van der Waals surface area contributed by atoms with Crippen molar-refractivity contribution in [3.05, 3.63) is 68.6 Å². The van der Waals surface area contributed by atoms with Crippen LogP contribution < -0.4 is 9.64 Å². The lowest BCUT2D eigenvalue weighted by molar-refractivity contribution is 0.374. The number of benzene rings is 2. The Morgan fingerprint density at radius 1 is 1.12 bits per heavy atom. The first-order chi connectivity index (χ1) is 15.3. The normalized spacial score (nSPS) is 15.2. The molecular formula is C23H26BrN3O3S2. The Kier molecular flexibility index (Phi) is 6.90. The summed E-state index contributed by atoms with van der Waals surface area (Å²) >= 11 is 4.98. The van der Waals surface area contributed by atoms with Crippen LogP contribution in [0.3, 0.4) is 0 Å². The van der Waals surface area contributed by atoms with E-state index in [2.05, 4.69) is 58.3 Å². The molecule has 1 fully saturated rings. The van der Waals surface area contributed by atoms with Crippen LogP contribution in [-0.4, -0.2) is 51.0 Å². The number of anilines is 1. The van der Waals surface area contributed by atoms with Crippen molar-refractivity contribution in [2.24, 2.45) is 0 Å². The zero-order chi connectivity index (χ0) is 22.9. The zero-order valence-electron chi connectivity index (χ0n) is 18.3. The summed E-state index contributed by atoms with van der Waals surface area (Å²) in [5.74, 6) is 0.353. The predicted octanol–water partition coefficient (Wildman–Crippen LogP) is 4.63. The molecule has 2 heterocycles. The van der Waals surface area contributed by atoms with E-state index in [9.17, 15) is 8.42 Å². The summed E-state index contributed by atoms with van der Waals surface area (Å²) in [5.41, 5.74) is 4.94. The van der Waals surface area contributed by atoms with Crippen molar-refractivity contribution in [3.63, 3.8) is 0 Å². The maximum atomic E-state index is 13.2. The number of nitrogens with zero attached hydrogens (tertiary/aromatic N) is 3. The van der Waals surface area contributed by atoms with Crippen LogP contribution in [-0.2, 0) is 16.4 Å². The van der Waals surface area contributed by atoms with E-state index >= 15 is 0 Å². The smallest absolute Gasteiger partial charge is 0.246 e. The minimum atomic E-state index is -3.64. The van der Waals surface area contributed by atoms with Gasteiger partial charge in [0.2, 0.25) is 10.0 Å². The molecule has 0 aliphatic carbocycles. The monoisotopic (exact) mass is 535 g/mol. The SMILES string of the molecule is COc1ccc(Br)cc1S(=O)(=O)N1CCN(c2nc(Cc3cccc(C)c3C)cs2)CC1. The number of aryl methyl sites for hydroxylation is 1. The maximum absolute atomic E-state index is 13.2. The quantitative estimate of drug-likeness (QED) is 0.460. The number of thiazole rings is 1. The molecule has 1 saturated heterocycles. The Balaban J connectivity index is 1.44. The molecule has 9 heteroatoms. The van der Waals surface area contributed by atoms with Crippen LogP contribution in [0.25, 0.3) is 0 Å². The Morgan fingerprint density at radius 3 is 2.59 bits per heavy atom. The van der Waals surface area contributed by atoms with Crippen LogP contribution in [0, 0.1) is 13.8 Å². The third-order valence-electron chi connectivity index (χ3n) is 5.88. The minimum Gasteiger partial charge on any atom is -0.495 e.